The summed E-state index contributed by atoms with van der Waals surface area (Å²) in [5.41, 5.74) is 0.644. The van der Waals surface area contributed by atoms with Crippen LogP contribution in [0.15, 0.2) is 22.8 Å². The molecule has 0 N–H and O–H groups in total. The fourth-order valence-corrected chi connectivity index (χ4v) is 6.14. The molecule has 5 rings (SSSR count). The van der Waals surface area contributed by atoms with E-state index < -0.39 is 5.60 Å². The lowest BCUT2D eigenvalue weighted by Crippen LogP contribution is -2.49. The van der Waals surface area contributed by atoms with Gasteiger partial charge in [0.15, 0.2) is 0 Å². The molecule has 0 unspecified atom stereocenters. The first-order chi connectivity index (χ1) is 14.1. The lowest BCUT2D eigenvalue weighted by molar-refractivity contribution is -0.0820. The minimum Gasteiger partial charge on any atom is -0.470 e. The molecule has 0 bridgehead atoms. The summed E-state index contributed by atoms with van der Waals surface area (Å²) >= 11 is 4.89. The highest BCUT2D eigenvalue weighted by Gasteiger charge is 2.58. The van der Waals surface area contributed by atoms with Crippen molar-refractivity contribution in [2.45, 2.75) is 37.6 Å². The Hall–Kier alpha value is -1.55. The molecule has 3 atom stereocenters. The molecule has 1 saturated heterocycles. The molecule has 4 heterocycles. The Labute approximate surface area is 181 Å². The lowest BCUT2D eigenvalue weighted by atomic mass is 9.93. The van der Waals surface area contributed by atoms with Crippen molar-refractivity contribution >= 4 is 33.2 Å². The van der Waals surface area contributed by atoms with E-state index in [-0.39, 0.29) is 17.9 Å². The number of nitrogens with zero attached hydrogens (tertiary/aromatic N) is 3. The third kappa shape index (κ3) is 3.37. The number of hydrogen-bond acceptors (Lipinski definition) is 7. The molecule has 2 aromatic heterocycles. The molecule has 9 heteroatoms. The Kier molecular flexibility index (Phi) is 5.09. The van der Waals surface area contributed by atoms with Gasteiger partial charge in [-0.05, 0) is 46.5 Å². The van der Waals surface area contributed by atoms with Gasteiger partial charge >= 0.3 is 0 Å². The minimum atomic E-state index is -0.510. The van der Waals surface area contributed by atoms with E-state index in [0.717, 1.165) is 36.3 Å². The van der Waals surface area contributed by atoms with Gasteiger partial charge in [0.2, 0.25) is 5.88 Å². The molecule has 0 aromatic carbocycles. The second-order valence-electron chi connectivity index (χ2n) is 7.78. The van der Waals surface area contributed by atoms with Crippen LogP contribution in [0, 0.1) is 5.92 Å². The van der Waals surface area contributed by atoms with Gasteiger partial charge in [-0.1, -0.05) is 0 Å². The summed E-state index contributed by atoms with van der Waals surface area (Å²) in [4.78, 5) is 17.2. The van der Waals surface area contributed by atoms with Crippen LogP contribution in [0.3, 0.4) is 0 Å². The molecule has 154 valence electrons. The zero-order chi connectivity index (χ0) is 20.0. The predicted octanol–water partition coefficient (Wildman–Crippen LogP) is 3.07. The number of thiophene rings is 1. The largest absolute Gasteiger partial charge is 0.470 e. The fourth-order valence-electron chi connectivity index (χ4n) is 4.81. The number of carbonyl (C=O) groups excluding carboxylic acids is 1. The van der Waals surface area contributed by atoms with Crippen LogP contribution in [-0.2, 0) is 22.5 Å². The van der Waals surface area contributed by atoms with Crippen molar-refractivity contribution in [1.82, 2.24) is 15.1 Å². The summed E-state index contributed by atoms with van der Waals surface area (Å²) in [6.45, 7) is 2.56. The SMILES string of the molecule is CO[C@@]12CN(C(=O)c3cc4c(s3)CCOC4)C[C@@H]1CC[C@H]2Oc1ccc(Br)nn1. The van der Waals surface area contributed by atoms with E-state index in [1.807, 2.05) is 11.0 Å². The molecular formula is C20H22BrN3O4S. The van der Waals surface area contributed by atoms with Crippen molar-refractivity contribution in [3.8, 4) is 5.88 Å². The number of hydrogen-bond donors (Lipinski definition) is 0. The number of likely N-dealkylation sites (tertiary alicyclic amines) is 1. The number of halogens is 1. The molecule has 1 saturated carbocycles. The van der Waals surface area contributed by atoms with Crippen LogP contribution >= 0.6 is 27.3 Å². The highest BCUT2D eigenvalue weighted by molar-refractivity contribution is 9.10. The van der Waals surface area contributed by atoms with Gasteiger partial charge in [0.25, 0.3) is 5.91 Å². The Morgan fingerprint density at radius 3 is 3.03 bits per heavy atom. The zero-order valence-corrected chi connectivity index (χ0v) is 18.5. The van der Waals surface area contributed by atoms with Gasteiger partial charge in [0, 0.05) is 36.9 Å². The first-order valence-corrected chi connectivity index (χ1v) is 11.4. The van der Waals surface area contributed by atoms with Gasteiger partial charge in [0.05, 0.1) is 24.6 Å². The number of rotatable bonds is 4. The zero-order valence-electron chi connectivity index (χ0n) is 16.1. The van der Waals surface area contributed by atoms with Crippen molar-refractivity contribution in [2.75, 3.05) is 26.8 Å². The number of ether oxygens (including phenoxy) is 3. The van der Waals surface area contributed by atoms with Gasteiger partial charge < -0.3 is 19.1 Å². The standard InChI is InChI=1S/C20H22BrN3O4S/c1-26-20-11-24(19(25)15-8-12-10-27-7-6-14(12)29-15)9-13(20)2-3-16(20)28-18-5-4-17(21)22-23-18/h4-5,8,13,16H,2-3,6-7,9-11H2,1H3/t13-,16+,20-/m0/s1. The number of fused-ring (bicyclic) bond motifs is 2. The summed E-state index contributed by atoms with van der Waals surface area (Å²) < 4.78 is 18.4. The monoisotopic (exact) mass is 479 g/mol. The Morgan fingerprint density at radius 1 is 1.38 bits per heavy atom. The van der Waals surface area contributed by atoms with E-state index in [1.165, 1.54) is 4.88 Å². The van der Waals surface area contributed by atoms with Crippen LogP contribution in [0.4, 0.5) is 0 Å². The lowest BCUT2D eigenvalue weighted by Gasteiger charge is -2.33. The van der Waals surface area contributed by atoms with Crippen LogP contribution in [-0.4, -0.2) is 59.5 Å². The molecular weight excluding hydrogens is 458 g/mol. The number of aromatic nitrogens is 2. The summed E-state index contributed by atoms with van der Waals surface area (Å²) in [7, 11) is 1.72. The van der Waals surface area contributed by atoms with Crippen LogP contribution in [0.5, 0.6) is 5.88 Å². The van der Waals surface area contributed by atoms with Crippen LogP contribution in [0.2, 0.25) is 0 Å². The van der Waals surface area contributed by atoms with E-state index in [4.69, 9.17) is 14.2 Å². The van der Waals surface area contributed by atoms with E-state index in [0.29, 0.717) is 30.2 Å². The predicted molar refractivity (Wildman–Crippen MR) is 110 cm³/mol. The summed E-state index contributed by atoms with van der Waals surface area (Å²) in [6, 6.07) is 5.60. The van der Waals surface area contributed by atoms with Gasteiger partial charge in [-0.2, -0.15) is 0 Å². The number of amides is 1. The summed E-state index contributed by atoms with van der Waals surface area (Å²) in [6.07, 6.45) is 2.57. The third-order valence-electron chi connectivity index (χ3n) is 6.27. The van der Waals surface area contributed by atoms with E-state index in [9.17, 15) is 4.79 Å². The molecule has 7 nitrogen and oxygen atoms in total. The van der Waals surface area contributed by atoms with Gasteiger partial charge in [-0.3, -0.25) is 4.79 Å². The van der Waals surface area contributed by atoms with Gasteiger partial charge in [-0.25, -0.2) is 0 Å². The average Bonchev–Trinajstić information content (AvgIpc) is 3.41. The highest BCUT2D eigenvalue weighted by Crippen LogP contribution is 2.46. The maximum absolute atomic E-state index is 13.2. The first kappa shape index (κ1) is 19.4. The topological polar surface area (TPSA) is 73.8 Å². The molecule has 0 radical (unpaired) electrons. The Morgan fingerprint density at radius 2 is 2.28 bits per heavy atom. The van der Waals surface area contributed by atoms with Crippen LogP contribution in [0.25, 0.3) is 0 Å². The molecule has 0 spiro atoms. The molecule has 1 aliphatic carbocycles. The fraction of sp³-hybridized carbons (Fsp3) is 0.550. The molecule has 2 aliphatic heterocycles. The van der Waals surface area contributed by atoms with Crippen LogP contribution in [0.1, 0.15) is 33.0 Å². The van der Waals surface area contributed by atoms with Crippen molar-refractivity contribution < 1.29 is 19.0 Å². The normalized spacial score (nSPS) is 28.3. The van der Waals surface area contributed by atoms with Crippen LogP contribution < -0.4 is 4.74 Å². The number of methoxy groups -OCH3 is 1. The molecule has 29 heavy (non-hydrogen) atoms. The molecule has 2 fully saturated rings. The quantitative estimate of drug-likeness (QED) is 0.670. The molecule has 2 aromatic rings. The van der Waals surface area contributed by atoms with Gasteiger partial charge in [-0.15, -0.1) is 21.5 Å². The summed E-state index contributed by atoms with van der Waals surface area (Å²) in [5.74, 6) is 0.811. The van der Waals surface area contributed by atoms with Crippen molar-refractivity contribution in [1.29, 1.82) is 0 Å². The second kappa shape index (κ2) is 7.61. The van der Waals surface area contributed by atoms with Crippen molar-refractivity contribution in [2.24, 2.45) is 5.92 Å². The minimum absolute atomic E-state index is 0.0809. The number of carbonyl (C=O) groups is 1. The van der Waals surface area contributed by atoms with Crippen molar-refractivity contribution in [3.05, 3.63) is 38.1 Å². The third-order valence-corrected chi connectivity index (χ3v) is 7.92. The molecule has 1 amide bonds. The van der Waals surface area contributed by atoms with Crippen molar-refractivity contribution in [3.63, 3.8) is 0 Å². The average molecular weight is 480 g/mol. The van der Waals surface area contributed by atoms with E-state index >= 15 is 0 Å². The Balaban J connectivity index is 1.34. The Bertz CT molecular complexity index is 897. The second-order valence-corrected chi connectivity index (χ2v) is 9.73. The smallest absolute Gasteiger partial charge is 0.264 e. The summed E-state index contributed by atoms with van der Waals surface area (Å²) in [5, 5.41) is 8.09. The van der Waals surface area contributed by atoms with Gasteiger partial charge in [0.1, 0.15) is 16.3 Å². The van der Waals surface area contributed by atoms with E-state index in [1.54, 1.807) is 30.6 Å². The molecule has 3 aliphatic rings. The first-order valence-electron chi connectivity index (χ1n) is 9.78. The highest BCUT2D eigenvalue weighted by atomic mass is 79.9. The maximum Gasteiger partial charge on any atom is 0.264 e. The van der Waals surface area contributed by atoms with E-state index in [2.05, 4.69) is 26.1 Å². The maximum atomic E-state index is 13.2.